The monoisotopic (exact) mass is 443 g/mol. The lowest BCUT2D eigenvalue weighted by Gasteiger charge is -2.16. The molecule has 4 aromatic rings. The molecule has 0 aliphatic carbocycles. The average Bonchev–Trinajstić information content (AvgIpc) is 2.78. The van der Waals surface area contributed by atoms with Crippen molar-refractivity contribution in [2.45, 2.75) is 12.7 Å². The predicted octanol–water partition coefficient (Wildman–Crippen LogP) is 4.97. The van der Waals surface area contributed by atoms with Gasteiger partial charge in [0.05, 0.1) is 30.1 Å². The molecular formula is C23H17F4N3O2. The summed E-state index contributed by atoms with van der Waals surface area (Å²) in [7, 11) is 1.49. The van der Waals surface area contributed by atoms with Gasteiger partial charge in [-0.05, 0) is 54.1 Å². The van der Waals surface area contributed by atoms with Crippen molar-refractivity contribution in [3.05, 3.63) is 94.0 Å². The van der Waals surface area contributed by atoms with Crippen molar-refractivity contribution in [1.29, 1.82) is 0 Å². The van der Waals surface area contributed by atoms with Crippen molar-refractivity contribution in [2.75, 3.05) is 12.5 Å². The summed E-state index contributed by atoms with van der Waals surface area (Å²) < 4.78 is 58.2. The predicted molar refractivity (Wildman–Crippen MR) is 112 cm³/mol. The number of rotatable bonds is 5. The zero-order valence-corrected chi connectivity index (χ0v) is 16.8. The normalized spacial score (nSPS) is 11.5. The zero-order valence-electron chi connectivity index (χ0n) is 16.8. The van der Waals surface area contributed by atoms with Gasteiger partial charge in [-0.3, -0.25) is 4.79 Å². The average molecular weight is 443 g/mol. The molecule has 0 fully saturated rings. The summed E-state index contributed by atoms with van der Waals surface area (Å²) in [6.07, 6.45) is -4.43. The van der Waals surface area contributed by atoms with Crippen molar-refractivity contribution in [1.82, 2.24) is 9.66 Å². The Kier molecular flexibility index (Phi) is 5.56. The van der Waals surface area contributed by atoms with Gasteiger partial charge in [0.25, 0.3) is 5.56 Å². The SMILES string of the molecule is COc1ccc2c(=O)n(NCc3ccc(C(F)(F)F)cc3)c(-c3ccc(F)cc3)nc2c1. The summed E-state index contributed by atoms with van der Waals surface area (Å²) in [6, 6.07) is 14.9. The largest absolute Gasteiger partial charge is 0.497 e. The minimum atomic E-state index is -4.43. The molecule has 0 bridgehead atoms. The van der Waals surface area contributed by atoms with Gasteiger partial charge in [0.2, 0.25) is 0 Å². The lowest BCUT2D eigenvalue weighted by Crippen LogP contribution is -2.31. The van der Waals surface area contributed by atoms with Crippen LogP contribution in [0.15, 0.2) is 71.5 Å². The van der Waals surface area contributed by atoms with E-state index in [4.69, 9.17) is 4.74 Å². The molecule has 0 radical (unpaired) electrons. The van der Waals surface area contributed by atoms with E-state index >= 15 is 0 Å². The lowest BCUT2D eigenvalue weighted by atomic mass is 10.1. The van der Waals surface area contributed by atoms with Gasteiger partial charge >= 0.3 is 6.18 Å². The Hall–Kier alpha value is -3.88. The molecule has 0 spiro atoms. The third kappa shape index (κ3) is 4.27. The van der Waals surface area contributed by atoms with Gasteiger partial charge in [-0.15, -0.1) is 0 Å². The fourth-order valence-electron chi connectivity index (χ4n) is 3.21. The van der Waals surface area contributed by atoms with Gasteiger partial charge in [-0.25, -0.2) is 14.1 Å². The number of ether oxygens (including phenoxy) is 1. The number of fused-ring (bicyclic) bond motifs is 1. The van der Waals surface area contributed by atoms with E-state index < -0.39 is 23.1 Å². The number of benzene rings is 3. The Balaban J connectivity index is 1.76. The molecule has 4 rings (SSSR count). The molecular weight excluding hydrogens is 426 g/mol. The number of hydrogen-bond acceptors (Lipinski definition) is 4. The van der Waals surface area contributed by atoms with Crippen LogP contribution < -0.4 is 15.7 Å². The van der Waals surface area contributed by atoms with Crippen molar-refractivity contribution in [3.8, 4) is 17.1 Å². The number of aromatic nitrogens is 2. The number of nitrogens with one attached hydrogen (secondary N) is 1. The fourth-order valence-corrected chi connectivity index (χ4v) is 3.21. The van der Waals surface area contributed by atoms with Crippen LogP contribution in [0, 0.1) is 5.82 Å². The summed E-state index contributed by atoms with van der Waals surface area (Å²) in [5.74, 6) is 0.301. The van der Waals surface area contributed by atoms with E-state index in [1.54, 1.807) is 18.2 Å². The van der Waals surface area contributed by atoms with E-state index in [1.165, 1.54) is 48.2 Å². The Morgan fingerprint density at radius 1 is 1.00 bits per heavy atom. The highest BCUT2D eigenvalue weighted by Gasteiger charge is 2.29. The molecule has 0 saturated carbocycles. The van der Waals surface area contributed by atoms with Gasteiger partial charge in [0.15, 0.2) is 5.82 Å². The van der Waals surface area contributed by atoms with Gasteiger partial charge in [0.1, 0.15) is 11.6 Å². The molecule has 0 atom stereocenters. The maximum Gasteiger partial charge on any atom is 0.416 e. The van der Waals surface area contributed by atoms with Gasteiger partial charge in [0, 0.05) is 11.6 Å². The molecule has 0 saturated heterocycles. The van der Waals surface area contributed by atoms with E-state index in [0.29, 0.717) is 27.8 Å². The molecule has 1 N–H and O–H groups in total. The Labute approximate surface area is 179 Å². The van der Waals surface area contributed by atoms with E-state index in [1.807, 2.05) is 0 Å². The standard InChI is InChI=1S/C23H17F4N3O2/c1-32-18-10-11-19-20(12-18)29-21(15-4-8-17(24)9-5-15)30(22(19)31)28-13-14-2-6-16(7-3-14)23(25,26)27/h2-12,28H,13H2,1H3. The molecule has 1 heterocycles. The van der Waals surface area contributed by atoms with Crippen molar-refractivity contribution in [3.63, 3.8) is 0 Å². The Bertz CT molecular complexity index is 1310. The van der Waals surface area contributed by atoms with Crippen molar-refractivity contribution in [2.24, 2.45) is 0 Å². The van der Waals surface area contributed by atoms with E-state index in [2.05, 4.69) is 10.4 Å². The molecule has 5 nitrogen and oxygen atoms in total. The van der Waals surface area contributed by atoms with E-state index in [0.717, 1.165) is 12.1 Å². The van der Waals surface area contributed by atoms with E-state index in [-0.39, 0.29) is 12.4 Å². The van der Waals surface area contributed by atoms with E-state index in [9.17, 15) is 22.4 Å². The maximum atomic E-state index is 13.4. The van der Waals surface area contributed by atoms with Crippen LogP contribution in [0.25, 0.3) is 22.3 Å². The van der Waals surface area contributed by atoms with Crippen LogP contribution in [0.5, 0.6) is 5.75 Å². The van der Waals surface area contributed by atoms with Crippen LogP contribution in [-0.2, 0) is 12.7 Å². The van der Waals surface area contributed by atoms with Crippen LogP contribution in [0.3, 0.4) is 0 Å². The number of nitrogens with zero attached hydrogens (tertiary/aromatic N) is 2. The molecule has 1 aromatic heterocycles. The maximum absolute atomic E-state index is 13.4. The summed E-state index contributed by atoms with van der Waals surface area (Å²) in [5.41, 5.74) is 3.16. The summed E-state index contributed by atoms with van der Waals surface area (Å²) in [5, 5.41) is 0.316. The summed E-state index contributed by atoms with van der Waals surface area (Å²) in [4.78, 5) is 17.7. The first-order valence-corrected chi connectivity index (χ1v) is 9.53. The molecule has 164 valence electrons. The molecule has 9 heteroatoms. The molecule has 0 aliphatic rings. The Morgan fingerprint density at radius 3 is 2.31 bits per heavy atom. The summed E-state index contributed by atoms with van der Waals surface area (Å²) >= 11 is 0. The highest BCUT2D eigenvalue weighted by molar-refractivity contribution is 5.81. The minimum Gasteiger partial charge on any atom is -0.497 e. The third-order valence-corrected chi connectivity index (χ3v) is 4.90. The van der Waals surface area contributed by atoms with Gasteiger partial charge in [-0.1, -0.05) is 12.1 Å². The first-order chi connectivity index (χ1) is 15.3. The van der Waals surface area contributed by atoms with Crippen LogP contribution in [0.1, 0.15) is 11.1 Å². The quantitative estimate of drug-likeness (QED) is 0.443. The highest BCUT2D eigenvalue weighted by atomic mass is 19.4. The molecule has 0 unspecified atom stereocenters. The van der Waals surface area contributed by atoms with Crippen molar-refractivity contribution >= 4 is 10.9 Å². The van der Waals surface area contributed by atoms with Crippen LogP contribution in [0.2, 0.25) is 0 Å². The van der Waals surface area contributed by atoms with Gasteiger partial charge < -0.3 is 10.2 Å². The van der Waals surface area contributed by atoms with Crippen LogP contribution in [0.4, 0.5) is 17.6 Å². The first kappa shape index (κ1) is 21.4. The first-order valence-electron chi connectivity index (χ1n) is 9.53. The van der Waals surface area contributed by atoms with Crippen LogP contribution >= 0.6 is 0 Å². The zero-order chi connectivity index (χ0) is 22.9. The summed E-state index contributed by atoms with van der Waals surface area (Å²) in [6.45, 7) is 0.0651. The molecule has 0 amide bonds. The number of halogens is 4. The molecule has 0 aliphatic heterocycles. The van der Waals surface area contributed by atoms with Gasteiger partial charge in [-0.2, -0.15) is 13.2 Å². The second-order valence-electron chi connectivity index (χ2n) is 7.00. The topological polar surface area (TPSA) is 56.1 Å². The number of hydrogen-bond donors (Lipinski definition) is 1. The fraction of sp³-hybridized carbons (Fsp3) is 0.130. The van der Waals surface area contributed by atoms with Crippen LogP contribution in [-0.4, -0.2) is 16.8 Å². The number of alkyl halides is 3. The molecule has 32 heavy (non-hydrogen) atoms. The second-order valence-corrected chi connectivity index (χ2v) is 7.00. The Morgan fingerprint density at radius 2 is 1.69 bits per heavy atom. The highest BCUT2D eigenvalue weighted by Crippen LogP contribution is 2.29. The lowest BCUT2D eigenvalue weighted by molar-refractivity contribution is -0.137. The molecule has 3 aromatic carbocycles. The minimum absolute atomic E-state index is 0.0651. The number of methoxy groups -OCH3 is 1. The second kappa shape index (κ2) is 8.33. The smallest absolute Gasteiger partial charge is 0.416 e. The van der Waals surface area contributed by atoms with Crippen molar-refractivity contribution < 1.29 is 22.3 Å². The third-order valence-electron chi connectivity index (χ3n) is 4.90.